The first-order valence-electron chi connectivity index (χ1n) is 9.50. The molecule has 2 aliphatic rings. The molecule has 0 spiro atoms. The summed E-state index contributed by atoms with van der Waals surface area (Å²) in [7, 11) is 0. The van der Waals surface area contributed by atoms with Crippen LogP contribution in [0.2, 0.25) is 0 Å². The van der Waals surface area contributed by atoms with Gasteiger partial charge in [0.25, 0.3) is 5.56 Å². The molecule has 142 valence electrons. The van der Waals surface area contributed by atoms with Gasteiger partial charge in [-0.25, -0.2) is 4.68 Å². The summed E-state index contributed by atoms with van der Waals surface area (Å²) in [5.74, 6) is 0.698. The van der Waals surface area contributed by atoms with Gasteiger partial charge < -0.3 is 14.5 Å². The monoisotopic (exact) mass is 368 g/mol. The van der Waals surface area contributed by atoms with Crippen molar-refractivity contribution in [3.8, 4) is 5.75 Å². The maximum Gasteiger partial charge on any atom is 0.269 e. The lowest BCUT2D eigenvalue weighted by Gasteiger charge is -2.39. The predicted molar refractivity (Wildman–Crippen MR) is 102 cm³/mol. The predicted octanol–water partition coefficient (Wildman–Crippen LogP) is 1.52. The molecule has 4 rings (SSSR count). The quantitative estimate of drug-likeness (QED) is 0.801. The Morgan fingerprint density at radius 3 is 2.56 bits per heavy atom. The number of hydrogen-bond donors (Lipinski definition) is 0. The summed E-state index contributed by atoms with van der Waals surface area (Å²) in [4.78, 5) is 28.6. The number of likely N-dealkylation sites (tertiary alicyclic amines) is 1. The lowest BCUT2D eigenvalue weighted by Crippen LogP contribution is -2.57. The van der Waals surface area contributed by atoms with E-state index in [9.17, 15) is 9.59 Å². The van der Waals surface area contributed by atoms with Crippen molar-refractivity contribution in [1.29, 1.82) is 0 Å². The number of carbonyl (C=O) groups is 1. The van der Waals surface area contributed by atoms with Crippen molar-refractivity contribution in [1.82, 2.24) is 14.7 Å². The highest BCUT2D eigenvalue weighted by molar-refractivity contribution is 5.76. The molecule has 7 nitrogen and oxygen atoms in total. The van der Waals surface area contributed by atoms with Gasteiger partial charge in [0, 0.05) is 19.2 Å². The first kappa shape index (κ1) is 17.6. The molecule has 0 saturated carbocycles. The van der Waals surface area contributed by atoms with Crippen LogP contribution >= 0.6 is 0 Å². The average molecular weight is 368 g/mol. The van der Waals surface area contributed by atoms with Crippen molar-refractivity contribution in [2.24, 2.45) is 0 Å². The molecule has 0 radical (unpaired) electrons. The fourth-order valence-corrected chi connectivity index (χ4v) is 3.50. The highest BCUT2D eigenvalue weighted by Crippen LogP contribution is 2.18. The van der Waals surface area contributed by atoms with Crippen LogP contribution < -0.4 is 15.2 Å². The summed E-state index contributed by atoms with van der Waals surface area (Å²) in [5, 5.41) is 4.20. The summed E-state index contributed by atoms with van der Waals surface area (Å²) in [6.45, 7) is 2.96. The van der Waals surface area contributed by atoms with E-state index in [1.807, 2.05) is 30.3 Å². The third kappa shape index (κ3) is 4.13. The van der Waals surface area contributed by atoms with Gasteiger partial charge >= 0.3 is 0 Å². The van der Waals surface area contributed by atoms with Crippen LogP contribution in [-0.2, 0) is 11.3 Å². The number of carbonyl (C=O) groups excluding carboxylic acids is 1. The van der Waals surface area contributed by atoms with Gasteiger partial charge in [0.05, 0.1) is 25.0 Å². The number of hydrogen-bond acceptors (Lipinski definition) is 5. The number of benzene rings is 1. The smallest absolute Gasteiger partial charge is 0.269 e. The van der Waals surface area contributed by atoms with Gasteiger partial charge in [0.2, 0.25) is 5.91 Å². The van der Waals surface area contributed by atoms with E-state index in [-0.39, 0.29) is 24.1 Å². The van der Waals surface area contributed by atoms with Crippen LogP contribution in [0.5, 0.6) is 5.75 Å². The minimum atomic E-state index is -0.232. The Morgan fingerprint density at radius 1 is 1.11 bits per heavy atom. The topological polar surface area (TPSA) is 67.7 Å². The Hall–Kier alpha value is -2.83. The van der Waals surface area contributed by atoms with Crippen LogP contribution in [-0.4, -0.2) is 52.9 Å². The minimum Gasteiger partial charge on any atom is -0.487 e. The van der Waals surface area contributed by atoms with Crippen molar-refractivity contribution >= 4 is 11.6 Å². The van der Waals surface area contributed by atoms with Crippen molar-refractivity contribution < 1.29 is 9.53 Å². The zero-order valence-electron chi connectivity index (χ0n) is 15.3. The molecule has 7 heteroatoms. The maximum absolute atomic E-state index is 12.4. The zero-order chi connectivity index (χ0) is 18.6. The molecule has 27 heavy (non-hydrogen) atoms. The number of rotatable bonds is 5. The molecule has 0 bridgehead atoms. The second kappa shape index (κ2) is 7.82. The number of amides is 1. The van der Waals surface area contributed by atoms with E-state index in [2.05, 4.69) is 10.00 Å². The third-order valence-corrected chi connectivity index (χ3v) is 5.11. The van der Waals surface area contributed by atoms with Gasteiger partial charge in [0.15, 0.2) is 0 Å². The van der Waals surface area contributed by atoms with Gasteiger partial charge in [-0.2, -0.15) is 5.10 Å². The van der Waals surface area contributed by atoms with E-state index in [1.54, 1.807) is 17.2 Å². The largest absolute Gasteiger partial charge is 0.487 e. The van der Waals surface area contributed by atoms with Gasteiger partial charge in [-0.05, 0) is 31.4 Å². The van der Waals surface area contributed by atoms with Crippen LogP contribution in [0.3, 0.4) is 0 Å². The first-order chi connectivity index (χ1) is 13.2. The van der Waals surface area contributed by atoms with Crippen LogP contribution in [0, 0.1) is 0 Å². The van der Waals surface area contributed by atoms with E-state index in [1.165, 1.54) is 11.1 Å². The van der Waals surface area contributed by atoms with Crippen molar-refractivity contribution in [3.05, 3.63) is 52.9 Å². The normalized spacial score (nSPS) is 17.5. The third-order valence-electron chi connectivity index (χ3n) is 5.11. The fourth-order valence-electron chi connectivity index (χ4n) is 3.50. The molecule has 2 fully saturated rings. The molecule has 0 N–H and O–H groups in total. The summed E-state index contributed by atoms with van der Waals surface area (Å²) in [5.41, 5.74) is 0.618. The van der Waals surface area contributed by atoms with E-state index in [4.69, 9.17) is 4.74 Å². The van der Waals surface area contributed by atoms with Gasteiger partial charge in [-0.3, -0.25) is 9.59 Å². The molecule has 2 aliphatic heterocycles. The first-order valence-corrected chi connectivity index (χ1v) is 9.50. The average Bonchev–Trinajstić information content (AvgIpc) is 2.67. The number of ether oxygens (including phenoxy) is 1. The SMILES string of the molecule is O=C(Cn1ncc(N2CCCCC2)cc1=O)N1CC(Oc2ccccc2)C1. The Morgan fingerprint density at radius 2 is 1.85 bits per heavy atom. The van der Waals surface area contributed by atoms with Crippen molar-refractivity contribution in [3.63, 3.8) is 0 Å². The second-order valence-electron chi connectivity index (χ2n) is 7.11. The highest BCUT2D eigenvalue weighted by Gasteiger charge is 2.32. The summed E-state index contributed by atoms with van der Waals surface area (Å²) >= 11 is 0. The van der Waals surface area contributed by atoms with Crippen LogP contribution in [0.15, 0.2) is 47.4 Å². The molecule has 1 amide bonds. The second-order valence-corrected chi connectivity index (χ2v) is 7.11. The molecular formula is C20H24N4O3. The van der Waals surface area contributed by atoms with E-state index in [0.717, 1.165) is 37.4 Å². The lowest BCUT2D eigenvalue weighted by atomic mass is 10.1. The van der Waals surface area contributed by atoms with E-state index in [0.29, 0.717) is 13.1 Å². The fraction of sp³-hybridized carbons (Fsp3) is 0.450. The standard InChI is InChI=1S/C20H24N4O3/c25-19-11-16(22-9-5-2-6-10-22)12-21-24(19)15-20(26)23-13-18(14-23)27-17-7-3-1-4-8-17/h1,3-4,7-8,11-12,18H,2,5-6,9-10,13-15H2. The van der Waals surface area contributed by atoms with Crippen molar-refractivity contribution in [2.75, 3.05) is 31.1 Å². The number of aromatic nitrogens is 2. The van der Waals surface area contributed by atoms with Gasteiger partial charge in [0.1, 0.15) is 18.4 Å². The minimum absolute atomic E-state index is 0.00232. The van der Waals surface area contributed by atoms with Crippen molar-refractivity contribution in [2.45, 2.75) is 31.9 Å². The molecule has 3 heterocycles. The Bertz CT molecular complexity index is 840. The lowest BCUT2D eigenvalue weighted by molar-refractivity contribution is -0.140. The van der Waals surface area contributed by atoms with Crippen LogP contribution in [0.4, 0.5) is 5.69 Å². The maximum atomic E-state index is 12.4. The highest BCUT2D eigenvalue weighted by atomic mass is 16.5. The molecular weight excluding hydrogens is 344 g/mol. The Balaban J connectivity index is 1.30. The number of piperidine rings is 1. The van der Waals surface area contributed by atoms with Gasteiger partial charge in [-0.1, -0.05) is 18.2 Å². The summed E-state index contributed by atoms with van der Waals surface area (Å²) in [6, 6.07) is 11.2. The summed E-state index contributed by atoms with van der Waals surface area (Å²) < 4.78 is 7.04. The van der Waals surface area contributed by atoms with Gasteiger partial charge in [-0.15, -0.1) is 0 Å². The zero-order valence-corrected chi connectivity index (χ0v) is 15.3. The number of nitrogens with zero attached hydrogens (tertiary/aromatic N) is 4. The molecule has 0 aliphatic carbocycles. The molecule has 2 saturated heterocycles. The molecule has 0 atom stereocenters. The summed E-state index contributed by atoms with van der Waals surface area (Å²) in [6.07, 6.45) is 5.21. The molecule has 1 aromatic heterocycles. The molecule has 0 unspecified atom stereocenters. The van der Waals surface area contributed by atoms with E-state index < -0.39 is 0 Å². The molecule has 2 aromatic rings. The van der Waals surface area contributed by atoms with E-state index >= 15 is 0 Å². The van der Waals surface area contributed by atoms with Crippen LogP contribution in [0.1, 0.15) is 19.3 Å². The number of anilines is 1. The molecule has 1 aromatic carbocycles. The Kier molecular flexibility index (Phi) is 5.09. The Labute approximate surface area is 158 Å². The number of para-hydroxylation sites is 1. The van der Waals surface area contributed by atoms with Crippen LogP contribution in [0.25, 0.3) is 0 Å².